The third-order valence-corrected chi connectivity index (χ3v) is 5.94. The number of cyclic esters (lactones) is 1. The van der Waals surface area contributed by atoms with E-state index < -0.39 is 29.9 Å². The highest BCUT2D eigenvalue weighted by atomic mass is 16.6. The standard InChI is InChI=1S/C27H25NO5/c1-32-26(30)22(19-11-5-2-6-12-19)17-24(29)28-23(18-33-27(28)31)25(20-13-7-3-8-14-20)21-15-9-4-10-16-21/h2-16,22-23,25H,17-18H2,1H3/t22-,23-/m0/s1. The molecule has 3 aromatic rings. The van der Waals surface area contributed by atoms with Crippen molar-refractivity contribution in [2.45, 2.75) is 24.3 Å². The molecule has 0 N–H and O–H groups in total. The largest absolute Gasteiger partial charge is 0.469 e. The van der Waals surface area contributed by atoms with Gasteiger partial charge in [-0.2, -0.15) is 0 Å². The Morgan fingerprint density at radius 2 is 1.36 bits per heavy atom. The van der Waals surface area contributed by atoms with E-state index in [4.69, 9.17) is 9.47 Å². The van der Waals surface area contributed by atoms with Gasteiger partial charge in [0.1, 0.15) is 6.61 Å². The van der Waals surface area contributed by atoms with Crippen LogP contribution in [0.15, 0.2) is 91.0 Å². The van der Waals surface area contributed by atoms with Crippen LogP contribution in [0.2, 0.25) is 0 Å². The van der Waals surface area contributed by atoms with Crippen LogP contribution in [0.1, 0.15) is 34.9 Å². The number of hydrogen-bond acceptors (Lipinski definition) is 5. The van der Waals surface area contributed by atoms with Gasteiger partial charge in [-0.3, -0.25) is 9.59 Å². The minimum absolute atomic E-state index is 0.0766. The van der Waals surface area contributed by atoms with Crippen LogP contribution in [0.3, 0.4) is 0 Å². The Morgan fingerprint density at radius 3 is 1.85 bits per heavy atom. The first kappa shape index (κ1) is 22.3. The lowest BCUT2D eigenvalue weighted by molar-refractivity contribution is -0.145. The van der Waals surface area contributed by atoms with Gasteiger partial charge in [0.15, 0.2) is 0 Å². The molecule has 4 rings (SSSR count). The molecule has 1 saturated heterocycles. The summed E-state index contributed by atoms with van der Waals surface area (Å²) in [6.45, 7) is 0.0766. The van der Waals surface area contributed by atoms with Crippen LogP contribution in [-0.4, -0.2) is 42.6 Å². The Morgan fingerprint density at radius 1 is 0.879 bits per heavy atom. The number of carbonyl (C=O) groups excluding carboxylic acids is 3. The van der Waals surface area contributed by atoms with E-state index in [9.17, 15) is 14.4 Å². The summed E-state index contributed by atoms with van der Waals surface area (Å²) in [7, 11) is 1.29. The van der Waals surface area contributed by atoms with Crippen molar-refractivity contribution in [3.05, 3.63) is 108 Å². The Hall–Kier alpha value is -3.93. The molecule has 3 aromatic carbocycles. The molecule has 1 aliphatic heterocycles. The summed E-state index contributed by atoms with van der Waals surface area (Å²) in [4.78, 5) is 39.8. The maximum absolute atomic E-state index is 13.5. The number of amides is 2. The molecule has 0 saturated carbocycles. The summed E-state index contributed by atoms with van der Waals surface area (Å²) < 4.78 is 10.3. The molecule has 2 amide bonds. The van der Waals surface area contributed by atoms with Crippen LogP contribution in [-0.2, 0) is 19.1 Å². The van der Waals surface area contributed by atoms with Crippen LogP contribution in [0, 0.1) is 0 Å². The second kappa shape index (κ2) is 10.1. The van der Waals surface area contributed by atoms with Gasteiger partial charge in [0.25, 0.3) is 0 Å². The maximum atomic E-state index is 13.5. The molecule has 0 aliphatic carbocycles. The van der Waals surface area contributed by atoms with E-state index in [2.05, 4.69) is 0 Å². The number of esters is 1. The van der Waals surface area contributed by atoms with E-state index in [0.29, 0.717) is 5.56 Å². The van der Waals surface area contributed by atoms with Gasteiger partial charge in [0.2, 0.25) is 5.91 Å². The van der Waals surface area contributed by atoms with Gasteiger partial charge >= 0.3 is 12.1 Å². The van der Waals surface area contributed by atoms with Crippen LogP contribution in [0.4, 0.5) is 4.79 Å². The van der Waals surface area contributed by atoms with Gasteiger partial charge in [-0.05, 0) is 16.7 Å². The highest BCUT2D eigenvalue weighted by molar-refractivity contribution is 5.96. The lowest BCUT2D eigenvalue weighted by Gasteiger charge is -2.29. The second-order valence-electron chi connectivity index (χ2n) is 7.90. The molecule has 33 heavy (non-hydrogen) atoms. The van der Waals surface area contributed by atoms with E-state index in [-0.39, 0.29) is 18.9 Å². The zero-order chi connectivity index (χ0) is 23.2. The smallest absolute Gasteiger partial charge is 0.417 e. The van der Waals surface area contributed by atoms with Crippen molar-refractivity contribution in [1.82, 2.24) is 4.90 Å². The number of carbonyl (C=O) groups is 3. The quantitative estimate of drug-likeness (QED) is 0.502. The number of methoxy groups -OCH3 is 1. The fraction of sp³-hybridized carbons (Fsp3) is 0.222. The van der Waals surface area contributed by atoms with E-state index in [0.717, 1.165) is 11.1 Å². The predicted molar refractivity (Wildman–Crippen MR) is 123 cm³/mol. The van der Waals surface area contributed by atoms with Gasteiger partial charge in [0.05, 0.1) is 19.1 Å². The number of imide groups is 1. The summed E-state index contributed by atoms with van der Waals surface area (Å²) >= 11 is 0. The number of rotatable bonds is 7. The molecular formula is C27H25NO5. The molecule has 0 unspecified atom stereocenters. The number of nitrogens with zero attached hydrogens (tertiary/aromatic N) is 1. The van der Waals surface area contributed by atoms with Crippen molar-refractivity contribution in [2.24, 2.45) is 0 Å². The number of benzene rings is 3. The fourth-order valence-electron chi connectivity index (χ4n) is 4.36. The Labute approximate surface area is 192 Å². The third kappa shape index (κ3) is 4.80. The Balaban J connectivity index is 1.67. The van der Waals surface area contributed by atoms with Crippen molar-refractivity contribution in [1.29, 1.82) is 0 Å². The second-order valence-corrected chi connectivity index (χ2v) is 7.90. The van der Waals surface area contributed by atoms with Crippen LogP contribution >= 0.6 is 0 Å². The summed E-state index contributed by atoms with van der Waals surface area (Å²) in [5.74, 6) is -2.08. The summed E-state index contributed by atoms with van der Waals surface area (Å²) in [5.41, 5.74) is 2.60. The van der Waals surface area contributed by atoms with Crippen molar-refractivity contribution in [2.75, 3.05) is 13.7 Å². The molecule has 1 heterocycles. The third-order valence-electron chi connectivity index (χ3n) is 5.94. The molecular weight excluding hydrogens is 418 g/mol. The molecule has 6 heteroatoms. The molecule has 6 nitrogen and oxygen atoms in total. The summed E-state index contributed by atoms with van der Waals surface area (Å²) in [6, 6.07) is 27.9. The van der Waals surface area contributed by atoms with Gasteiger partial charge in [0, 0.05) is 12.3 Å². The minimum Gasteiger partial charge on any atom is -0.469 e. The summed E-state index contributed by atoms with van der Waals surface area (Å²) in [6.07, 6.45) is -0.892. The molecule has 0 radical (unpaired) electrons. The maximum Gasteiger partial charge on any atom is 0.417 e. The molecule has 0 spiro atoms. The van der Waals surface area contributed by atoms with Crippen molar-refractivity contribution < 1.29 is 23.9 Å². The van der Waals surface area contributed by atoms with E-state index >= 15 is 0 Å². The highest BCUT2D eigenvalue weighted by Crippen LogP contribution is 2.35. The first-order valence-corrected chi connectivity index (χ1v) is 10.8. The molecule has 168 valence electrons. The lowest BCUT2D eigenvalue weighted by Crippen LogP contribution is -2.43. The van der Waals surface area contributed by atoms with Gasteiger partial charge in [-0.1, -0.05) is 91.0 Å². The van der Waals surface area contributed by atoms with E-state index in [1.54, 1.807) is 24.3 Å². The average Bonchev–Trinajstić information content (AvgIpc) is 3.25. The molecule has 1 fully saturated rings. The van der Waals surface area contributed by atoms with Crippen molar-refractivity contribution in [3.8, 4) is 0 Å². The first-order valence-electron chi connectivity index (χ1n) is 10.8. The van der Waals surface area contributed by atoms with Gasteiger partial charge < -0.3 is 9.47 Å². The normalized spacial score (nSPS) is 16.4. The monoisotopic (exact) mass is 443 g/mol. The average molecular weight is 443 g/mol. The first-order chi connectivity index (χ1) is 16.1. The van der Waals surface area contributed by atoms with Crippen LogP contribution < -0.4 is 0 Å². The zero-order valence-corrected chi connectivity index (χ0v) is 18.3. The van der Waals surface area contributed by atoms with E-state index in [1.807, 2.05) is 66.7 Å². The number of hydrogen-bond donors (Lipinski definition) is 0. The van der Waals surface area contributed by atoms with Crippen molar-refractivity contribution >= 4 is 18.0 Å². The SMILES string of the molecule is COC(=O)[C@@H](CC(=O)N1C(=O)OC[C@H]1C(c1ccccc1)c1ccccc1)c1ccccc1. The van der Waals surface area contributed by atoms with Crippen molar-refractivity contribution in [3.63, 3.8) is 0 Å². The Kier molecular flexibility index (Phi) is 6.83. The fourth-order valence-corrected chi connectivity index (χ4v) is 4.36. The lowest BCUT2D eigenvalue weighted by atomic mass is 9.84. The van der Waals surface area contributed by atoms with Crippen LogP contribution in [0.5, 0.6) is 0 Å². The van der Waals surface area contributed by atoms with Gasteiger partial charge in [-0.15, -0.1) is 0 Å². The van der Waals surface area contributed by atoms with Crippen LogP contribution in [0.25, 0.3) is 0 Å². The highest BCUT2D eigenvalue weighted by Gasteiger charge is 2.44. The van der Waals surface area contributed by atoms with Gasteiger partial charge in [-0.25, -0.2) is 9.69 Å². The predicted octanol–water partition coefficient (Wildman–Crippen LogP) is 4.51. The zero-order valence-electron chi connectivity index (χ0n) is 18.3. The Bertz CT molecular complexity index is 1060. The van der Waals surface area contributed by atoms with E-state index in [1.165, 1.54) is 12.0 Å². The molecule has 2 atom stereocenters. The molecule has 1 aliphatic rings. The molecule has 0 bridgehead atoms. The topological polar surface area (TPSA) is 72.9 Å². The minimum atomic E-state index is -0.815. The summed E-state index contributed by atoms with van der Waals surface area (Å²) in [5, 5.41) is 0. The number of ether oxygens (including phenoxy) is 2. The molecule has 0 aromatic heterocycles.